The highest BCUT2D eigenvalue weighted by Crippen LogP contribution is 2.41. The molecule has 17 heavy (non-hydrogen) atoms. The molecule has 0 heterocycles. The van der Waals surface area contributed by atoms with Gasteiger partial charge in [-0.15, -0.1) is 0 Å². The van der Waals surface area contributed by atoms with E-state index in [1.807, 2.05) is 13.1 Å². The van der Waals surface area contributed by atoms with E-state index in [2.05, 4.69) is 17.4 Å². The summed E-state index contributed by atoms with van der Waals surface area (Å²) in [4.78, 5) is 0. The first-order valence-corrected chi connectivity index (χ1v) is 6.62. The molecular weight excluding hydrogens is 234 g/mol. The first kappa shape index (κ1) is 12.7. The maximum Gasteiger partial charge on any atom is 0.137 e. The molecule has 1 aliphatic carbocycles. The Kier molecular flexibility index (Phi) is 4.30. The van der Waals surface area contributed by atoms with Crippen molar-refractivity contribution in [3.05, 3.63) is 28.8 Å². The van der Waals surface area contributed by atoms with Crippen LogP contribution in [0.15, 0.2) is 18.2 Å². The molecule has 1 N–H and O–H groups in total. The van der Waals surface area contributed by atoms with E-state index < -0.39 is 0 Å². The number of hydrogen-bond donors (Lipinski definition) is 1. The molecule has 0 radical (unpaired) electrons. The molecule has 0 amide bonds. The van der Waals surface area contributed by atoms with E-state index in [1.165, 1.54) is 24.8 Å². The molecule has 0 saturated heterocycles. The number of hydrogen-bond acceptors (Lipinski definition) is 2. The van der Waals surface area contributed by atoms with Crippen LogP contribution < -0.4 is 10.1 Å². The molecule has 0 spiro atoms. The third-order valence-electron chi connectivity index (χ3n) is 3.73. The lowest BCUT2D eigenvalue weighted by atomic mass is 9.89. The highest BCUT2D eigenvalue weighted by atomic mass is 35.5. The van der Waals surface area contributed by atoms with Crippen LogP contribution in [-0.4, -0.2) is 20.7 Å². The van der Waals surface area contributed by atoms with Crippen LogP contribution in [0.5, 0.6) is 5.75 Å². The zero-order chi connectivity index (χ0) is 12.3. The number of halogens is 1. The minimum atomic E-state index is 0.647. The Morgan fingerprint density at radius 2 is 2.24 bits per heavy atom. The van der Waals surface area contributed by atoms with E-state index in [0.29, 0.717) is 10.9 Å². The van der Waals surface area contributed by atoms with Gasteiger partial charge in [0.15, 0.2) is 0 Å². The Morgan fingerprint density at radius 3 is 2.94 bits per heavy atom. The smallest absolute Gasteiger partial charge is 0.137 e. The topological polar surface area (TPSA) is 21.3 Å². The number of benzene rings is 1. The van der Waals surface area contributed by atoms with Gasteiger partial charge in [-0.3, -0.25) is 0 Å². The highest BCUT2D eigenvalue weighted by molar-refractivity contribution is 6.32. The Hall–Kier alpha value is -0.730. The van der Waals surface area contributed by atoms with Gasteiger partial charge in [-0.05, 0) is 56.0 Å². The van der Waals surface area contributed by atoms with Crippen LogP contribution >= 0.6 is 11.6 Å². The van der Waals surface area contributed by atoms with Gasteiger partial charge in [0.2, 0.25) is 0 Å². The molecule has 1 aromatic carbocycles. The largest absolute Gasteiger partial charge is 0.495 e. The maximum absolute atomic E-state index is 6.06. The summed E-state index contributed by atoms with van der Waals surface area (Å²) < 4.78 is 5.29. The summed E-state index contributed by atoms with van der Waals surface area (Å²) in [6, 6.07) is 6.19. The summed E-state index contributed by atoms with van der Waals surface area (Å²) in [7, 11) is 3.70. The van der Waals surface area contributed by atoms with Crippen molar-refractivity contribution >= 4 is 11.6 Å². The van der Waals surface area contributed by atoms with Crippen LogP contribution in [0.1, 0.15) is 30.7 Å². The maximum atomic E-state index is 6.06. The SMILES string of the molecule is CNCC1CCCC1c1ccc(Cl)c(OC)c1. The lowest BCUT2D eigenvalue weighted by molar-refractivity contribution is 0.411. The molecule has 0 aliphatic heterocycles. The Balaban J connectivity index is 2.21. The molecule has 2 unspecified atom stereocenters. The first-order valence-electron chi connectivity index (χ1n) is 6.24. The molecule has 2 atom stereocenters. The standard InChI is InChI=1S/C14H20ClNO/c1-16-9-11-4-3-5-12(11)10-6-7-13(15)14(8-10)17-2/h6-8,11-12,16H,3-5,9H2,1-2H3. The van der Waals surface area contributed by atoms with E-state index in [4.69, 9.17) is 16.3 Å². The fourth-order valence-electron chi connectivity index (χ4n) is 2.89. The van der Waals surface area contributed by atoms with E-state index in [0.717, 1.165) is 18.2 Å². The van der Waals surface area contributed by atoms with Gasteiger partial charge in [-0.1, -0.05) is 24.1 Å². The number of methoxy groups -OCH3 is 1. The fraction of sp³-hybridized carbons (Fsp3) is 0.571. The predicted molar refractivity (Wildman–Crippen MR) is 72.0 cm³/mol. The summed E-state index contributed by atoms with van der Waals surface area (Å²) in [5, 5.41) is 3.99. The van der Waals surface area contributed by atoms with Gasteiger partial charge in [-0.2, -0.15) is 0 Å². The Bertz CT molecular complexity index is 380. The zero-order valence-corrected chi connectivity index (χ0v) is 11.3. The third-order valence-corrected chi connectivity index (χ3v) is 4.04. The van der Waals surface area contributed by atoms with Crippen molar-refractivity contribution in [2.45, 2.75) is 25.2 Å². The van der Waals surface area contributed by atoms with Crippen LogP contribution in [0, 0.1) is 5.92 Å². The quantitative estimate of drug-likeness (QED) is 0.888. The van der Waals surface area contributed by atoms with Crippen molar-refractivity contribution in [1.82, 2.24) is 5.32 Å². The molecule has 1 saturated carbocycles. The van der Waals surface area contributed by atoms with Crippen LogP contribution in [0.4, 0.5) is 0 Å². The second-order valence-electron chi connectivity index (χ2n) is 4.75. The van der Waals surface area contributed by atoms with Gasteiger partial charge >= 0.3 is 0 Å². The average Bonchev–Trinajstić information content (AvgIpc) is 2.78. The van der Waals surface area contributed by atoms with Crippen LogP contribution in [0.25, 0.3) is 0 Å². The van der Waals surface area contributed by atoms with E-state index in [-0.39, 0.29) is 0 Å². The second-order valence-corrected chi connectivity index (χ2v) is 5.16. The summed E-state index contributed by atoms with van der Waals surface area (Å²) >= 11 is 6.06. The van der Waals surface area contributed by atoms with E-state index in [9.17, 15) is 0 Å². The number of nitrogens with one attached hydrogen (secondary N) is 1. The van der Waals surface area contributed by atoms with Gasteiger partial charge in [0.1, 0.15) is 5.75 Å². The molecule has 3 heteroatoms. The minimum absolute atomic E-state index is 0.647. The molecule has 0 bridgehead atoms. The van der Waals surface area contributed by atoms with Gasteiger partial charge < -0.3 is 10.1 Å². The summed E-state index contributed by atoms with van der Waals surface area (Å²) in [5.41, 5.74) is 1.36. The van der Waals surface area contributed by atoms with Crippen LogP contribution in [0.2, 0.25) is 5.02 Å². The predicted octanol–water partition coefficient (Wildman–Crippen LogP) is 3.45. The van der Waals surface area contributed by atoms with Crippen molar-refractivity contribution in [3.8, 4) is 5.75 Å². The monoisotopic (exact) mass is 253 g/mol. The van der Waals surface area contributed by atoms with Gasteiger partial charge in [0, 0.05) is 0 Å². The number of ether oxygens (including phenoxy) is 1. The summed E-state index contributed by atoms with van der Waals surface area (Å²) in [6.45, 7) is 1.09. The Labute approximate surface area is 108 Å². The minimum Gasteiger partial charge on any atom is -0.495 e. The zero-order valence-electron chi connectivity index (χ0n) is 10.5. The van der Waals surface area contributed by atoms with Crippen LogP contribution in [-0.2, 0) is 0 Å². The highest BCUT2D eigenvalue weighted by Gasteiger charge is 2.28. The molecule has 1 fully saturated rings. The molecule has 0 aromatic heterocycles. The lowest BCUT2D eigenvalue weighted by Gasteiger charge is -2.20. The molecule has 1 aromatic rings. The van der Waals surface area contributed by atoms with Crippen molar-refractivity contribution in [2.24, 2.45) is 5.92 Å². The van der Waals surface area contributed by atoms with Crippen molar-refractivity contribution in [1.29, 1.82) is 0 Å². The van der Waals surface area contributed by atoms with Crippen LogP contribution in [0.3, 0.4) is 0 Å². The summed E-state index contributed by atoms with van der Waals surface area (Å²) in [5.74, 6) is 2.18. The molecular formula is C14H20ClNO. The normalized spacial score (nSPS) is 23.9. The van der Waals surface area contributed by atoms with Gasteiger partial charge in [-0.25, -0.2) is 0 Å². The third kappa shape index (κ3) is 2.75. The summed E-state index contributed by atoms with van der Waals surface area (Å²) in [6.07, 6.45) is 3.91. The van der Waals surface area contributed by atoms with Crippen molar-refractivity contribution in [3.63, 3.8) is 0 Å². The molecule has 2 rings (SSSR count). The average molecular weight is 254 g/mol. The first-order chi connectivity index (χ1) is 8.26. The van der Waals surface area contributed by atoms with Gasteiger partial charge in [0.05, 0.1) is 12.1 Å². The molecule has 94 valence electrons. The second kappa shape index (κ2) is 5.74. The van der Waals surface area contributed by atoms with E-state index >= 15 is 0 Å². The molecule has 2 nitrogen and oxygen atoms in total. The van der Waals surface area contributed by atoms with Crippen molar-refractivity contribution in [2.75, 3.05) is 20.7 Å². The Morgan fingerprint density at radius 1 is 1.41 bits per heavy atom. The lowest BCUT2D eigenvalue weighted by Crippen LogP contribution is -2.20. The van der Waals surface area contributed by atoms with Gasteiger partial charge in [0.25, 0.3) is 0 Å². The molecule has 1 aliphatic rings. The van der Waals surface area contributed by atoms with Crippen molar-refractivity contribution < 1.29 is 4.74 Å². The van der Waals surface area contributed by atoms with E-state index in [1.54, 1.807) is 7.11 Å². The number of rotatable bonds is 4. The fourth-order valence-corrected chi connectivity index (χ4v) is 3.08.